The second kappa shape index (κ2) is 6.35. The van der Waals surface area contributed by atoms with E-state index in [0.29, 0.717) is 18.0 Å². The molecule has 0 bridgehead atoms. The van der Waals surface area contributed by atoms with Crippen molar-refractivity contribution >= 4 is 23.1 Å². The number of aryl methyl sites for hydroxylation is 2. The molecule has 0 unspecified atom stereocenters. The third kappa shape index (κ3) is 4.00. The number of nitrogens with one attached hydrogen (secondary N) is 1. The lowest BCUT2D eigenvalue weighted by Gasteiger charge is -2.00. The zero-order valence-corrected chi connectivity index (χ0v) is 11.1. The summed E-state index contributed by atoms with van der Waals surface area (Å²) in [6.07, 6.45) is 3.50. The van der Waals surface area contributed by atoms with E-state index >= 15 is 0 Å². The molecule has 1 N–H and O–H groups in total. The highest BCUT2D eigenvalue weighted by Crippen LogP contribution is 2.13. The van der Waals surface area contributed by atoms with Gasteiger partial charge in [0.05, 0.1) is 0 Å². The summed E-state index contributed by atoms with van der Waals surface area (Å²) in [7, 11) is 0. The van der Waals surface area contributed by atoms with E-state index in [2.05, 4.69) is 28.0 Å². The summed E-state index contributed by atoms with van der Waals surface area (Å²) in [4.78, 5) is 13.0. The Hall–Kier alpha value is -1.62. The maximum atomic E-state index is 11.6. The van der Waals surface area contributed by atoms with Crippen molar-refractivity contribution in [3.8, 4) is 0 Å². The first-order valence-corrected chi connectivity index (χ1v) is 6.87. The molecule has 18 heavy (non-hydrogen) atoms. The molecule has 0 fully saturated rings. The van der Waals surface area contributed by atoms with Gasteiger partial charge >= 0.3 is 0 Å². The predicted molar refractivity (Wildman–Crippen MR) is 71.7 cm³/mol. The Morgan fingerprint density at radius 3 is 3.06 bits per heavy atom. The van der Waals surface area contributed by atoms with Crippen LogP contribution in [0.5, 0.6) is 0 Å². The molecule has 2 aromatic rings. The Morgan fingerprint density at radius 2 is 2.39 bits per heavy atom. The molecule has 0 aliphatic carbocycles. The highest BCUT2D eigenvalue weighted by atomic mass is 32.1. The van der Waals surface area contributed by atoms with E-state index in [1.807, 2.05) is 0 Å². The molecule has 2 aromatic heterocycles. The molecule has 0 aromatic carbocycles. The molecule has 96 valence electrons. The van der Waals surface area contributed by atoms with Gasteiger partial charge in [0, 0.05) is 17.4 Å². The van der Waals surface area contributed by atoms with Crippen molar-refractivity contribution in [3.05, 3.63) is 34.2 Å². The van der Waals surface area contributed by atoms with Gasteiger partial charge in [-0.15, -0.1) is 11.3 Å². The number of unbranched alkanes of at least 4 members (excludes halogenated alkanes) is 1. The van der Waals surface area contributed by atoms with Crippen LogP contribution in [0.25, 0.3) is 0 Å². The van der Waals surface area contributed by atoms with Gasteiger partial charge in [0.25, 0.3) is 0 Å². The number of thiophene rings is 1. The van der Waals surface area contributed by atoms with Gasteiger partial charge in [-0.1, -0.05) is 11.2 Å². The average Bonchev–Trinajstić information content (AvgIpc) is 2.96. The quantitative estimate of drug-likeness (QED) is 0.814. The number of carbonyl (C=O) groups is 1. The number of amides is 1. The van der Waals surface area contributed by atoms with E-state index in [0.717, 1.165) is 19.3 Å². The van der Waals surface area contributed by atoms with Crippen molar-refractivity contribution in [1.29, 1.82) is 0 Å². The van der Waals surface area contributed by atoms with Crippen molar-refractivity contribution in [2.45, 2.75) is 32.6 Å². The fraction of sp³-hybridized carbons (Fsp3) is 0.385. The summed E-state index contributed by atoms with van der Waals surface area (Å²) < 4.78 is 4.88. The molecule has 2 rings (SSSR count). The van der Waals surface area contributed by atoms with Crippen LogP contribution < -0.4 is 5.32 Å². The number of rotatable bonds is 6. The third-order valence-electron chi connectivity index (χ3n) is 2.55. The molecular weight excluding hydrogens is 248 g/mol. The first-order chi connectivity index (χ1) is 8.74. The molecule has 0 aliphatic rings. The summed E-state index contributed by atoms with van der Waals surface area (Å²) >= 11 is 1.76. The predicted octanol–water partition coefficient (Wildman–Crippen LogP) is 3.40. The summed E-state index contributed by atoms with van der Waals surface area (Å²) in [6.45, 7) is 1.80. The van der Waals surface area contributed by atoms with Gasteiger partial charge in [0.2, 0.25) is 5.91 Å². The Morgan fingerprint density at radius 1 is 1.50 bits per heavy atom. The zero-order chi connectivity index (χ0) is 12.8. The van der Waals surface area contributed by atoms with Crippen molar-refractivity contribution in [2.24, 2.45) is 0 Å². The first kappa shape index (κ1) is 12.8. The molecule has 0 saturated heterocycles. The van der Waals surface area contributed by atoms with Crippen LogP contribution >= 0.6 is 11.3 Å². The van der Waals surface area contributed by atoms with Crippen molar-refractivity contribution < 1.29 is 9.32 Å². The van der Waals surface area contributed by atoms with Crippen molar-refractivity contribution in [1.82, 2.24) is 5.16 Å². The van der Waals surface area contributed by atoms with E-state index in [-0.39, 0.29) is 5.91 Å². The van der Waals surface area contributed by atoms with Crippen LogP contribution in [0.1, 0.15) is 29.9 Å². The van der Waals surface area contributed by atoms with E-state index in [1.54, 1.807) is 24.3 Å². The largest absolute Gasteiger partial charge is 0.360 e. The van der Waals surface area contributed by atoms with E-state index in [4.69, 9.17) is 4.52 Å². The second-order valence-electron chi connectivity index (χ2n) is 4.16. The van der Waals surface area contributed by atoms with Crippen LogP contribution in [0.15, 0.2) is 28.1 Å². The fourth-order valence-electron chi connectivity index (χ4n) is 1.67. The Kier molecular flexibility index (Phi) is 4.52. The SMILES string of the molecule is Cc1cc(NC(=O)CCCCc2cccs2)no1. The third-order valence-corrected chi connectivity index (χ3v) is 3.49. The van der Waals surface area contributed by atoms with E-state index in [9.17, 15) is 4.79 Å². The van der Waals surface area contributed by atoms with Gasteiger partial charge in [-0.2, -0.15) is 0 Å². The molecule has 0 saturated carbocycles. The van der Waals surface area contributed by atoms with Crippen LogP contribution in [0.4, 0.5) is 5.82 Å². The topological polar surface area (TPSA) is 55.1 Å². The lowest BCUT2D eigenvalue weighted by atomic mass is 10.1. The number of nitrogens with zero attached hydrogens (tertiary/aromatic N) is 1. The molecule has 2 heterocycles. The minimum absolute atomic E-state index is 0.00511. The van der Waals surface area contributed by atoms with Gasteiger partial charge < -0.3 is 9.84 Å². The Bertz CT molecular complexity index is 491. The van der Waals surface area contributed by atoms with Crippen LogP contribution in [-0.4, -0.2) is 11.1 Å². The summed E-state index contributed by atoms with van der Waals surface area (Å²) in [5.74, 6) is 1.19. The first-order valence-electron chi connectivity index (χ1n) is 5.99. The highest BCUT2D eigenvalue weighted by molar-refractivity contribution is 7.09. The van der Waals surface area contributed by atoms with Crippen LogP contribution in [0.2, 0.25) is 0 Å². The van der Waals surface area contributed by atoms with E-state index in [1.165, 1.54) is 4.88 Å². The van der Waals surface area contributed by atoms with Crippen molar-refractivity contribution in [2.75, 3.05) is 5.32 Å². The molecule has 0 spiro atoms. The Labute approximate surface area is 110 Å². The van der Waals surface area contributed by atoms with Crippen LogP contribution in [0.3, 0.4) is 0 Å². The standard InChI is InChI=1S/C13H16N2O2S/c1-10-9-12(15-17-10)14-13(16)7-3-2-5-11-6-4-8-18-11/h4,6,8-9H,2-3,5,7H2,1H3,(H,14,15,16). The number of carbonyl (C=O) groups excluding carboxylic acids is 1. The molecule has 0 radical (unpaired) electrons. The normalized spacial score (nSPS) is 10.5. The molecule has 0 aliphatic heterocycles. The van der Waals surface area contributed by atoms with Gasteiger partial charge in [-0.3, -0.25) is 4.79 Å². The molecule has 5 heteroatoms. The van der Waals surface area contributed by atoms with Crippen molar-refractivity contribution in [3.63, 3.8) is 0 Å². The molecule has 1 amide bonds. The highest BCUT2D eigenvalue weighted by Gasteiger charge is 2.05. The maximum absolute atomic E-state index is 11.6. The summed E-state index contributed by atoms with van der Waals surface area (Å²) in [6, 6.07) is 5.89. The molecule has 0 atom stereocenters. The van der Waals surface area contributed by atoms with Crippen LogP contribution in [0, 0.1) is 6.92 Å². The lowest BCUT2D eigenvalue weighted by Crippen LogP contribution is -2.11. The summed E-state index contributed by atoms with van der Waals surface area (Å²) in [5, 5.41) is 8.51. The molecular formula is C13H16N2O2S. The maximum Gasteiger partial charge on any atom is 0.225 e. The van der Waals surface area contributed by atoms with Gasteiger partial charge in [0.15, 0.2) is 5.82 Å². The van der Waals surface area contributed by atoms with Gasteiger partial charge in [0.1, 0.15) is 5.76 Å². The number of anilines is 1. The monoisotopic (exact) mass is 264 g/mol. The number of hydrogen-bond donors (Lipinski definition) is 1. The molecule has 4 nitrogen and oxygen atoms in total. The Balaban J connectivity index is 1.63. The fourth-order valence-corrected chi connectivity index (χ4v) is 2.42. The second-order valence-corrected chi connectivity index (χ2v) is 5.19. The number of aromatic nitrogens is 1. The lowest BCUT2D eigenvalue weighted by molar-refractivity contribution is -0.116. The zero-order valence-electron chi connectivity index (χ0n) is 10.3. The smallest absolute Gasteiger partial charge is 0.225 e. The average molecular weight is 264 g/mol. The van der Waals surface area contributed by atoms with Gasteiger partial charge in [-0.05, 0) is 37.6 Å². The minimum atomic E-state index is -0.00511. The minimum Gasteiger partial charge on any atom is -0.360 e. The van der Waals surface area contributed by atoms with E-state index < -0.39 is 0 Å². The number of hydrogen-bond acceptors (Lipinski definition) is 4. The summed E-state index contributed by atoms with van der Waals surface area (Å²) in [5.41, 5.74) is 0. The van der Waals surface area contributed by atoms with Crippen LogP contribution in [-0.2, 0) is 11.2 Å². The van der Waals surface area contributed by atoms with Gasteiger partial charge in [-0.25, -0.2) is 0 Å².